The molecular formula is C17H17N7O5S. The van der Waals surface area contributed by atoms with Crippen LogP contribution in [0, 0.1) is 10.1 Å². The summed E-state index contributed by atoms with van der Waals surface area (Å²) in [6.45, 7) is 3.70. The minimum absolute atomic E-state index is 0.00487. The lowest BCUT2D eigenvalue weighted by atomic mass is 10.1. The smallest absolute Gasteiger partial charge is 0.345 e. The third kappa shape index (κ3) is 4.42. The van der Waals surface area contributed by atoms with E-state index >= 15 is 0 Å². The fourth-order valence-corrected chi connectivity index (χ4v) is 3.54. The molecule has 0 radical (unpaired) electrons. The lowest BCUT2D eigenvalue weighted by Crippen LogP contribution is -2.35. The second-order valence-electron chi connectivity index (χ2n) is 6.46. The zero-order chi connectivity index (χ0) is 21.1. The number of thiazole rings is 1. The number of hydrogen-bond donors (Lipinski definition) is 2. The zero-order valence-corrected chi connectivity index (χ0v) is 16.4. The maximum atomic E-state index is 12.4. The Bertz CT molecular complexity index is 1080. The summed E-state index contributed by atoms with van der Waals surface area (Å²) in [5.74, 6) is -0.892. The molecule has 13 heteroatoms. The zero-order valence-electron chi connectivity index (χ0n) is 15.6. The van der Waals surface area contributed by atoms with Crippen LogP contribution in [0.15, 0.2) is 30.6 Å². The van der Waals surface area contributed by atoms with Gasteiger partial charge in [0, 0.05) is 25.7 Å². The van der Waals surface area contributed by atoms with Crippen LogP contribution in [0.5, 0.6) is 5.75 Å². The summed E-state index contributed by atoms with van der Waals surface area (Å²) in [5.41, 5.74) is 1.32. The number of aromatic nitrogens is 4. The number of benzene rings is 1. The highest BCUT2D eigenvalue weighted by Gasteiger charge is 2.18. The topological polar surface area (TPSA) is 149 Å². The molecule has 0 spiro atoms. The summed E-state index contributed by atoms with van der Waals surface area (Å²) in [6.07, 6.45) is 2.82. The van der Waals surface area contributed by atoms with Gasteiger partial charge in [-0.15, -0.1) is 5.10 Å². The van der Waals surface area contributed by atoms with E-state index in [4.69, 9.17) is 4.74 Å². The van der Waals surface area contributed by atoms with Gasteiger partial charge in [0.2, 0.25) is 0 Å². The second kappa shape index (κ2) is 8.52. The van der Waals surface area contributed by atoms with Gasteiger partial charge in [0.1, 0.15) is 11.9 Å². The molecule has 1 aliphatic heterocycles. The van der Waals surface area contributed by atoms with Crippen molar-refractivity contribution >= 4 is 27.4 Å². The molecule has 2 N–H and O–H groups in total. The minimum Gasteiger partial charge on any atom is -0.507 e. The molecule has 3 heterocycles. The van der Waals surface area contributed by atoms with Gasteiger partial charge in [-0.2, -0.15) is 0 Å². The van der Waals surface area contributed by atoms with E-state index in [1.807, 2.05) is 0 Å². The minimum atomic E-state index is -0.630. The third-order valence-corrected chi connectivity index (χ3v) is 5.28. The highest BCUT2D eigenvalue weighted by Crippen LogP contribution is 2.27. The van der Waals surface area contributed by atoms with Gasteiger partial charge in [-0.3, -0.25) is 25.1 Å². The van der Waals surface area contributed by atoms with Gasteiger partial charge in [-0.1, -0.05) is 5.21 Å². The van der Waals surface area contributed by atoms with Gasteiger partial charge in [0.05, 0.1) is 41.3 Å². The number of carbonyl (C=O) groups is 1. The Morgan fingerprint density at radius 2 is 2.17 bits per heavy atom. The van der Waals surface area contributed by atoms with E-state index in [-0.39, 0.29) is 21.4 Å². The van der Waals surface area contributed by atoms with Crippen LogP contribution in [0.4, 0.5) is 10.1 Å². The average molecular weight is 431 g/mol. The van der Waals surface area contributed by atoms with Gasteiger partial charge in [-0.25, -0.2) is 9.67 Å². The summed E-state index contributed by atoms with van der Waals surface area (Å²) in [4.78, 5) is 28.5. The third-order valence-electron chi connectivity index (χ3n) is 4.41. The molecular weight excluding hydrogens is 414 g/mol. The van der Waals surface area contributed by atoms with Gasteiger partial charge in [0.15, 0.2) is 5.13 Å². The Balaban J connectivity index is 1.44. The van der Waals surface area contributed by atoms with Crippen LogP contribution in [0.3, 0.4) is 0 Å². The molecule has 156 valence electrons. The van der Waals surface area contributed by atoms with Crippen LogP contribution in [0.2, 0.25) is 0 Å². The number of phenolic OH excluding ortho intramolecular Hbond substituents is 1. The molecule has 0 saturated carbocycles. The van der Waals surface area contributed by atoms with E-state index in [1.54, 1.807) is 12.3 Å². The number of nitro groups is 1. The van der Waals surface area contributed by atoms with E-state index in [2.05, 4.69) is 25.5 Å². The molecule has 0 bridgehead atoms. The summed E-state index contributed by atoms with van der Waals surface area (Å²) >= 11 is 0.729. The maximum absolute atomic E-state index is 12.4. The predicted octanol–water partition coefficient (Wildman–Crippen LogP) is 1.42. The molecule has 3 aromatic rings. The average Bonchev–Trinajstić information content (AvgIpc) is 3.38. The van der Waals surface area contributed by atoms with E-state index in [0.717, 1.165) is 36.3 Å². The van der Waals surface area contributed by atoms with Crippen molar-refractivity contribution in [2.24, 2.45) is 0 Å². The standard InChI is InChI=1S/C17H17N7O5S/c25-14-7-12(23-10-11(20-21-23)9-22-3-5-29-6-4-22)1-2-13(14)16(26)19-17-18-8-15(30-17)24(27)28/h1-2,7-8,10,25H,3-6,9H2,(H,18,19,26). The molecule has 1 aliphatic rings. The van der Waals surface area contributed by atoms with Crippen LogP contribution < -0.4 is 5.32 Å². The fourth-order valence-electron chi connectivity index (χ4n) is 2.91. The molecule has 4 rings (SSSR count). The van der Waals surface area contributed by atoms with Crippen molar-refractivity contribution in [3.05, 3.63) is 52.0 Å². The number of nitrogens with one attached hydrogen (secondary N) is 1. The SMILES string of the molecule is O=C(Nc1ncc([N+](=O)[O-])s1)c1ccc(-n2cc(CN3CCOCC3)nn2)cc1O. The number of hydrogen-bond acceptors (Lipinski definition) is 10. The van der Waals surface area contributed by atoms with Crippen molar-refractivity contribution < 1.29 is 19.6 Å². The number of carbonyl (C=O) groups excluding carboxylic acids is 1. The number of amides is 1. The molecule has 0 aliphatic carbocycles. The Hall–Kier alpha value is -3.42. The van der Waals surface area contributed by atoms with Crippen LogP contribution in [0.25, 0.3) is 5.69 Å². The van der Waals surface area contributed by atoms with Crippen molar-refractivity contribution in [1.82, 2.24) is 24.9 Å². The lowest BCUT2D eigenvalue weighted by molar-refractivity contribution is -0.380. The Morgan fingerprint density at radius 1 is 1.37 bits per heavy atom. The monoisotopic (exact) mass is 431 g/mol. The Morgan fingerprint density at radius 3 is 2.87 bits per heavy atom. The first-order chi connectivity index (χ1) is 14.5. The molecule has 12 nitrogen and oxygen atoms in total. The first-order valence-corrected chi connectivity index (χ1v) is 9.77. The number of phenols is 1. The van der Waals surface area contributed by atoms with Gasteiger partial charge >= 0.3 is 5.00 Å². The first-order valence-electron chi connectivity index (χ1n) is 8.96. The van der Waals surface area contributed by atoms with Crippen LogP contribution in [-0.2, 0) is 11.3 Å². The largest absolute Gasteiger partial charge is 0.507 e. The fraction of sp³-hybridized carbons (Fsp3) is 0.294. The number of anilines is 1. The van der Waals surface area contributed by atoms with Gasteiger partial charge < -0.3 is 9.84 Å². The Labute approximate surface area is 173 Å². The molecule has 2 aromatic heterocycles. The Kier molecular flexibility index (Phi) is 5.65. The maximum Gasteiger partial charge on any atom is 0.345 e. The van der Waals surface area contributed by atoms with Crippen molar-refractivity contribution in [3.63, 3.8) is 0 Å². The van der Waals surface area contributed by atoms with E-state index in [0.29, 0.717) is 25.4 Å². The highest BCUT2D eigenvalue weighted by molar-refractivity contribution is 7.18. The number of morpholine rings is 1. The summed E-state index contributed by atoms with van der Waals surface area (Å²) in [6, 6.07) is 4.45. The quantitative estimate of drug-likeness (QED) is 0.436. The van der Waals surface area contributed by atoms with Crippen molar-refractivity contribution in [2.45, 2.75) is 6.54 Å². The molecule has 1 saturated heterocycles. The molecule has 1 aromatic carbocycles. The van der Waals surface area contributed by atoms with Gasteiger partial charge in [0.25, 0.3) is 5.91 Å². The summed E-state index contributed by atoms with van der Waals surface area (Å²) in [5, 5.41) is 31.6. The van der Waals surface area contributed by atoms with Crippen molar-refractivity contribution in [1.29, 1.82) is 0 Å². The summed E-state index contributed by atoms with van der Waals surface area (Å²) in [7, 11) is 0. The predicted molar refractivity (Wildman–Crippen MR) is 106 cm³/mol. The van der Waals surface area contributed by atoms with Gasteiger partial charge in [-0.05, 0) is 23.5 Å². The number of aromatic hydroxyl groups is 1. The molecule has 30 heavy (non-hydrogen) atoms. The van der Waals surface area contributed by atoms with Crippen LogP contribution >= 0.6 is 11.3 Å². The normalized spacial score (nSPS) is 14.5. The highest BCUT2D eigenvalue weighted by atomic mass is 32.1. The van der Waals surface area contributed by atoms with E-state index < -0.39 is 10.8 Å². The van der Waals surface area contributed by atoms with E-state index in [9.17, 15) is 20.0 Å². The number of ether oxygens (including phenoxy) is 1. The summed E-state index contributed by atoms with van der Waals surface area (Å²) < 4.78 is 6.84. The first kappa shape index (κ1) is 19.9. The van der Waals surface area contributed by atoms with E-state index in [1.165, 1.54) is 16.8 Å². The van der Waals surface area contributed by atoms with Crippen molar-refractivity contribution in [2.75, 3.05) is 31.6 Å². The van der Waals surface area contributed by atoms with Crippen molar-refractivity contribution in [3.8, 4) is 11.4 Å². The van der Waals surface area contributed by atoms with Crippen LogP contribution in [0.1, 0.15) is 16.1 Å². The second-order valence-corrected chi connectivity index (χ2v) is 7.47. The molecule has 1 fully saturated rings. The molecule has 1 amide bonds. The lowest BCUT2D eigenvalue weighted by Gasteiger charge is -2.25. The van der Waals surface area contributed by atoms with Crippen LogP contribution in [-0.4, -0.2) is 67.1 Å². The molecule has 0 unspecified atom stereocenters. The number of rotatable bonds is 6. The molecule has 0 atom stereocenters. The number of nitrogens with zero attached hydrogens (tertiary/aromatic N) is 6.